The van der Waals surface area contributed by atoms with Crippen molar-refractivity contribution in [3.8, 4) is 0 Å². The maximum absolute atomic E-state index is 12.5. The number of halogens is 2. The van der Waals surface area contributed by atoms with E-state index in [0.717, 1.165) is 30.8 Å². The average Bonchev–Trinajstić information content (AvgIpc) is 2.85. The highest BCUT2D eigenvalue weighted by Gasteiger charge is 2.27. The average molecular weight is 354 g/mol. The van der Waals surface area contributed by atoms with Crippen LogP contribution in [0, 0.1) is 5.92 Å². The molecule has 122 valence electrons. The summed E-state index contributed by atoms with van der Waals surface area (Å²) in [6, 6.07) is 0.191. The molecule has 2 heterocycles. The number of nitrogens with two attached hydrogens (primary N) is 1. The predicted molar refractivity (Wildman–Crippen MR) is 92.9 cm³/mol. The van der Waals surface area contributed by atoms with Gasteiger partial charge < -0.3 is 10.6 Å². The van der Waals surface area contributed by atoms with Crippen molar-refractivity contribution in [1.82, 2.24) is 9.88 Å². The quantitative estimate of drug-likeness (QED) is 0.904. The third-order valence-electron chi connectivity index (χ3n) is 3.51. The number of rotatable bonds is 4. The first-order chi connectivity index (χ1) is 9.11. The second kappa shape index (κ2) is 9.62. The van der Waals surface area contributed by atoms with E-state index in [4.69, 9.17) is 5.73 Å². The summed E-state index contributed by atoms with van der Waals surface area (Å²) < 4.78 is 0. The van der Waals surface area contributed by atoms with Gasteiger partial charge in [0.25, 0.3) is 5.91 Å². The number of piperidine rings is 1. The summed E-state index contributed by atoms with van der Waals surface area (Å²) in [6.45, 7) is 5.70. The van der Waals surface area contributed by atoms with E-state index in [-0.39, 0.29) is 36.8 Å². The molecule has 0 spiro atoms. The molecule has 1 unspecified atom stereocenters. The molecule has 1 aromatic heterocycles. The van der Waals surface area contributed by atoms with Gasteiger partial charge in [-0.25, -0.2) is 4.98 Å². The summed E-state index contributed by atoms with van der Waals surface area (Å²) in [6.07, 6.45) is 4.20. The fourth-order valence-corrected chi connectivity index (χ4v) is 3.49. The molecule has 0 aliphatic carbocycles. The minimum Gasteiger partial charge on any atom is -0.333 e. The van der Waals surface area contributed by atoms with Crippen molar-refractivity contribution in [2.75, 3.05) is 13.1 Å². The lowest BCUT2D eigenvalue weighted by Crippen LogP contribution is -2.47. The van der Waals surface area contributed by atoms with Crippen molar-refractivity contribution in [3.05, 3.63) is 16.1 Å². The van der Waals surface area contributed by atoms with Crippen LogP contribution >= 0.6 is 36.2 Å². The van der Waals surface area contributed by atoms with Gasteiger partial charge in [-0.3, -0.25) is 4.79 Å². The molecule has 0 bridgehead atoms. The largest absolute Gasteiger partial charge is 0.333 e. The topological polar surface area (TPSA) is 59.2 Å². The summed E-state index contributed by atoms with van der Waals surface area (Å²) in [4.78, 5) is 18.9. The Bertz CT molecular complexity index is 440. The lowest BCUT2D eigenvalue weighted by molar-refractivity contribution is 0.0618. The first-order valence-corrected chi connectivity index (χ1v) is 7.95. The molecule has 2 rings (SSSR count). The Labute approximate surface area is 143 Å². The number of thiazole rings is 1. The second-order valence-electron chi connectivity index (χ2n) is 5.61. The first-order valence-electron chi connectivity index (χ1n) is 7.07. The lowest BCUT2D eigenvalue weighted by Gasteiger charge is -2.34. The minimum absolute atomic E-state index is 0. The van der Waals surface area contributed by atoms with E-state index in [0.29, 0.717) is 18.2 Å². The van der Waals surface area contributed by atoms with Crippen LogP contribution in [0.15, 0.2) is 5.38 Å². The number of hydrogen-bond donors (Lipinski definition) is 1. The minimum atomic E-state index is 0. The zero-order valence-corrected chi connectivity index (χ0v) is 15.0. The van der Waals surface area contributed by atoms with Gasteiger partial charge in [0.1, 0.15) is 5.69 Å². The van der Waals surface area contributed by atoms with Gasteiger partial charge in [-0.15, -0.1) is 36.2 Å². The van der Waals surface area contributed by atoms with E-state index in [1.54, 1.807) is 11.3 Å². The SMILES string of the molecule is CC(C)Cc1nc(C(=O)N2CCCCC2CN)cs1.Cl.Cl. The number of amides is 1. The lowest BCUT2D eigenvalue weighted by atomic mass is 10.0. The Morgan fingerprint density at radius 3 is 2.81 bits per heavy atom. The van der Waals surface area contributed by atoms with Crippen LogP contribution in [0.4, 0.5) is 0 Å². The van der Waals surface area contributed by atoms with Crippen LogP contribution in [0.2, 0.25) is 0 Å². The second-order valence-corrected chi connectivity index (χ2v) is 6.55. The van der Waals surface area contributed by atoms with Crippen molar-refractivity contribution in [2.45, 2.75) is 45.6 Å². The third kappa shape index (κ3) is 5.40. The van der Waals surface area contributed by atoms with Gasteiger partial charge in [-0.05, 0) is 25.2 Å². The molecule has 2 N–H and O–H groups in total. The zero-order valence-electron chi connectivity index (χ0n) is 12.6. The van der Waals surface area contributed by atoms with E-state index in [1.807, 2.05) is 10.3 Å². The van der Waals surface area contributed by atoms with Crippen LogP contribution in [0.5, 0.6) is 0 Å². The van der Waals surface area contributed by atoms with E-state index in [9.17, 15) is 4.79 Å². The molecular formula is C14H25Cl2N3OS. The number of nitrogens with zero attached hydrogens (tertiary/aromatic N) is 2. The molecule has 0 saturated carbocycles. The zero-order chi connectivity index (χ0) is 13.8. The molecule has 0 radical (unpaired) electrons. The highest BCUT2D eigenvalue weighted by atomic mass is 35.5. The molecule has 1 aliphatic rings. The Hall–Kier alpha value is -0.360. The molecule has 4 nitrogen and oxygen atoms in total. The molecule has 1 fully saturated rings. The molecule has 1 amide bonds. The Morgan fingerprint density at radius 2 is 2.19 bits per heavy atom. The smallest absolute Gasteiger partial charge is 0.273 e. The van der Waals surface area contributed by atoms with E-state index in [1.165, 1.54) is 6.42 Å². The number of likely N-dealkylation sites (tertiary alicyclic amines) is 1. The summed E-state index contributed by atoms with van der Waals surface area (Å²) in [5.74, 6) is 0.627. The van der Waals surface area contributed by atoms with Crippen LogP contribution in [-0.4, -0.2) is 34.9 Å². The van der Waals surface area contributed by atoms with Crippen LogP contribution < -0.4 is 5.73 Å². The molecular weight excluding hydrogens is 329 g/mol. The highest BCUT2D eigenvalue weighted by molar-refractivity contribution is 7.09. The van der Waals surface area contributed by atoms with Crippen LogP contribution in [0.3, 0.4) is 0 Å². The molecule has 1 aliphatic heterocycles. The molecule has 1 atom stereocenters. The Morgan fingerprint density at radius 1 is 1.48 bits per heavy atom. The van der Waals surface area contributed by atoms with Crippen molar-refractivity contribution in [2.24, 2.45) is 11.7 Å². The van der Waals surface area contributed by atoms with Crippen LogP contribution in [-0.2, 0) is 6.42 Å². The number of carbonyl (C=O) groups excluding carboxylic acids is 1. The van der Waals surface area contributed by atoms with Gasteiger partial charge in [-0.1, -0.05) is 13.8 Å². The maximum atomic E-state index is 12.5. The summed E-state index contributed by atoms with van der Waals surface area (Å²) >= 11 is 1.59. The summed E-state index contributed by atoms with van der Waals surface area (Å²) in [7, 11) is 0. The summed E-state index contributed by atoms with van der Waals surface area (Å²) in [5.41, 5.74) is 6.37. The Balaban J connectivity index is 0.00000200. The van der Waals surface area contributed by atoms with Gasteiger partial charge in [-0.2, -0.15) is 0 Å². The summed E-state index contributed by atoms with van der Waals surface area (Å²) in [5, 5.41) is 2.95. The number of carbonyl (C=O) groups is 1. The van der Waals surface area contributed by atoms with Gasteiger partial charge in [0.05, 0.1) is 5.01 Å². The Kier molecular flexibility index (Phi) is 9.45. The van der Waals surface area contributed by atoms with E-state index < -0.39 is 0 Å². The molecule has 0 aromatic carbocycles. The predicted octanol–water partition coefficient (Wildman–Crippen LogP) is 3.14. The van der Waals surface area contributed by atoms with Crippen molar-refractivity contribution >= 4 is 42.1 Å². The normalized spacial score (nSPS) is 18.1. The highest BCUT2D eigenvalue weighted by Crippen LogP contribution is 2.21. The fourth-order valence-electron chi connectivity index (χ4n) is 2.51. The molecule has 7 heteroatoms. The van der Waals surface area contributed by atoms with E-state index in [2.05, 4.69) is 18.8 Å². The molecule has 1 saturated heterocycles. The monoisotopic (exact) mass is 353 g/mol. The van der Waals surface area contributed by atoms with Crippen molar-refractivity contribution in [3.63, 3.8) is 0 Å². The first kappa shape index (κ1) is 20.6. The number of aromatic nitrogens is 1. The number of hydrogen-bond acceptors (Lipinski definition) is 4. The fraction of sp³-hybridized carbons (Fsp3) is 0.714. The standard InChI is InChI=1S/C14H23N3OS.2ClH/c1-10(2)7-13-16-12(9-19-13)14(18)17-6-4-3-5-11(17)8-15;;/h9-11H,3-8,15H2,1-2H3;2*1H. The van der Waals surface area contributed by atoms with Crippen LogP contribution in [0.1, 0.15) is 48.6 Å². The van der Waals surface area contributed by atoms with Crippen LogP contribution in [0.25, 0.3) is 0 Å². The third-order valence-corrected chi connectivity index (χ3v) is 4.38. The van der Waals surface area contributed by atoms with Gasteiger partial charge in [0, 0.05) is 30.9 Å². The molecule has 21 heavy (non-hydrogen) atoms. The van der Waals surface area contributed by atoms with Gasteiger partial charge in [0.2, 0.25) is 0 Å². The van der Waals surface area contributed by atoms with Gasteiger partial charge in [0.15, 0.2) is 0 Å². The van der Waals surface area contributed by atoms with Gasteiger partial charge >= 0.3 is 0 Å². The molecule has 1 aromatic rings. The van der Waals surface area contributed by atoms with Crippen molar-refractivity contribution in [1.29, 1.82) is 0 Å². The van der Waals surface area contributed by atoms with E-state index >= 15 is 0 Å². The van der Waals surface area contributed by atoms with Crippen molar-refractivity contribution < 1.29 is 4.79 Å². The maximum Gasteiger partial charge on any atom is 0.273 e.